The summed E-state index contributed by atoms with van der Waals surface area (Å²) in [7, 11) is 0. The van der Waals surface area contributed by atoms with Gasteiger partial charge in [-0.2, -0.15) is 0 Å². The molecule has 0 aromatic carbocycles. The van der Waals surface area contributed by atoms with Crippen LogP contribution in [-0.2, 0) is 4.79 Å². The molecule has 0 radical (unpaired) electrons. The Morgan fingerprint density at radius 3 is 2.62 bits per heavy atom. The van der Waals surface area contributed by atoms with Crippen LogP contribution >= 0.6 is 0 Å². The van der Waals surface area contributed by atoms with E-state index in [2.05, 4.69) is 37.0 Å². The normalized spacial score (nSPS) is 31.7. The first-order valence-corrected chi connectivity index (χ1v) is 8.27. The van der Waals surface area contributed by atoms with E-state index in [1.807, 2.05) is 12.2 Å². The molecule has 2 heteroatoms. The lowest BCUT2D eigenvalue weighted by Gasteiger charge is -2.32. The molecule has 0 bridgehead atoms. The third-order valence-electron chi connectivity index (χ3n) is 4.86. The topological polar surface area (TPSA) is 20.3 Å². The zero-order valence-corrected chi connectivity index (χ0v) is 13.7. The maximum Gasteiger partial charge on any atom is 0.152 e. The number of carbonyl (C=O) groups is 1. The highest BCUT2D eigenvalue weighted by Gasteiger charge is 2.51. The molecule has 21 heavy (non-hydrogen) atoms. The van der Waals surface area contributed by atoms with Crippen LogP contribution in [0.3, 0.4) is 0 Å². The Bertz CT molecular complexity index is 440. The lowest BCUT2D eigenvalue weighted by atomic mass is 9.96. The van der Waals surface area contributed by atoms with Crippen LogP contribution in [0.1, 0.15) is 40.0 Å². The lowest BCUT2D eigenvalue weighted by molar-refractivity contribution is -0.112. The highest BCUT2D eigenvalue weighted by atomic mass is 16.1. The van der Waals surface area contributed by atoms with E-state index in [-0.39, 0.29) is 5.78 Å². The zero-order valence-electron chi connectivity index (χ0n) is 13.7. The van der Waals surface area contributed by atoms with Gasteiger partial charge in [0.05, 0.1) is 0 Å². The fourth-order valence-electron chi connectivity index (χ4n) is 3.39. The van der Waals surface area contributed by atoms with Crippen molar-refractivity contribution in [1.82, 2.24) is 4.90 Å². The van der Waals surface area contributed by atoms with Crippen LogP contribution in [0, 0.1) is 17.3 Å². The Balaban J connectivity index is 1.89. The summed E-state index contributed by atoms with van der Waals surface area (Å²) in [5.41, 5.74) is 0.343. The van der Waals surface area contributed by atoms with Gasteiger partial charge in [0.15, 0.2) is 5.78 Å². The Morgan fingerprint density at radius 1 is 1.29 bits per heavy atom. The number of hydrogen-bond donors (Lipinski definition) is 0. The summed E-state index contributed by atoms with van der Waals surface area (Å²) in [6, 6.07) is 0. The largest absolute Gasteiger partial charge is 0.302 e. The summed E-state index contributed by atoms with van der Waals surface area (Å²) in [5, 5.41) is 0. The van der Waals surface area contributed by atoms with E-state index >= 15 is 0 Å². The molecule has 1 saturated carbocycles. The van der Waals surface area contributed by atoms with Crippen LogP contribution in [-0.4, -0.2) is 30.3 Å². The van der Waals surface area contributed by atoms with Crippen LogP contribution in [0.2, 0.25) is 0 Å². The molecule has 1 saturated heterocycles. The number of hydrogen-bond acceptors (Lipinski definition) is 2. The van der Waals surface area contributed by atoms with E-state index in [4.69, 9.17) is 0 Å². The summed E-state index contributed by atoms with van der Waals surface area (Å²) in [6.45, 7) is 9.76. The molecule has 0 spiro atoms. The minimum atomic E-state index is 0.109. The summed E-state index contributed by atoms with van der Waals surface area (Å²) in [5.74, 6) is 1.63. The SMILES string of the molecule is C/C=C\C1(CN2CCC(C)CC2)CC1/C=C/C=C/C(C)=O. The third-order valence-corrected chi connectivity index (χ3v) is 4.86. The number of carbonyl (C=O) groups excluding carboxylic acids is 1. The van der Waals surface area contributed by atoms with Gasteiger partial charge in [-0.15, -0.1) is 0 Å². The Labute approximate surface area is 129 Å². The number of nitrogens with zero attached hydrogens (tertiary/aromatic N) is 1. The predicted octanol–water partition coefficient (Wildman–Crippen LogP) is 4.00. The second kappa shape index (κ2) is 7.22. The molecule has 0 aromatic rings. The minimum Gasteiger partial charge on any atom is -0.302 e. The van der Waals surface area contributed by atoms with Crippen molar-refractivity contribution in [2.45, 2.75) is 40.0 Å². The van der Waals surface area contributed by atoms with Crippen LogP contribution < -0.4 is 0 Å². The Kier molecular flexibility index (Phi) is 5.58. The maximum atomic E-state index is 10.9. The molecule has 1 heterocycles. The van der Waals surface area contributed by atoms with Crippen LogP contribution in [0.15, 0.2) is 36.5 Å². The van der Waals surface area contributed by atoms with Crippen molar-refractivity contribution < 1.29 is 4.79 Å². The van der Waals surface area contributed by atoms with Crippen molar-refractivity contribution in [3.8, 4) is 0 Å². The summed E-state index contributed by atoms with van der Waals surface area (Å²) >= 11 is 0. The van der Waals surface area contributed by atoms with E-state index < -0.39 is 0 Å². The van der Waals surface area contributed by atoms with Gasteiger partial charge in [0.25, 0.3) is 0 Å². The number of piperidine rings is 1. The van der Waals surface area contributed by atoms with Crippen molar-refractivity contribution in [3.63, 3.8) is 0 Å². The third kappa shape index (κ3) is 4.67. The van der Waals surface area contributed by atoms with Crippen molar-refractivity contribution in [2.24, 2.45) is 17.3 Å². The monoisotopic (exact) mass is 287 g/mol. The van der Waals surface area contributed by atoms with Crippen LogP contribution in [0.25, 0.3) is 0 Å². The van der Waals surface area contributed by atoms with Gasteiger partial charge in [-0.05, 0) is 64.1 Å². The van der Waals surface area contributed by atoms with Gasteiger partial charge in [-0.3, -0.25) is 4.79 Å². The molecular formula is C19H29NO. The van der Waals surface area contributed by atoms with E-state index in [9.17, 15) is 4.79 Å². The van der Waals surface area contributed by atoms with E-state index in [1.165, 1.54) is 38.9 Å². The molecule has 1 aliphatic carbocycles. The number of rotatable bonds is 6. The van der Waals surface area contributed by atoms with Crippen molar-refractivity contribution in [3.05, 3.63) is 36.5 Å². The van der Waals surface area contributed by atoms with Crippen molar-refractivity contribution in [2.75, 3.05) is 19.6 Å². The molecule has 2 aliphatic rings. The molecule has 2 unspecified atom stereocenters. The highest BCUT2D eigenvalue weighted by molar-refractivity contribution is 5.87. The highest BCUT2D eigenvalue weighted by Crippen LogP contribution is 2.55. The number of allylic oxidation sites excluding steroid dienone is 5. The van der Waals surface area contributed by atoms with Crippen LogP contribution in [0.5, 0.6) is 0 Å². The van der Waals surface area contributed by atoms with Gasteiger partial charge in [-0.25, -0.2) is 0 Å². The van der Waals surface area contributed by atoms with Crippen molar-refractivity contribution >= 4 is 5.78 Å². The molecule has 0 N–H and O–H groups in total. The predicted molar refractivity (Wildman–Crippen MR) is 89.2 cm³/mol. The van der Waals surface area contributed by atoms with E-state index in [0.717, 1.165) is 5.92 Å². The maximum absolute atomic E-state index is 10.9. The standard InChI is InChI=1S/C19H29NO/c1-4-11-19(15-20-12-9-16(2)10-13-20)14-18(19)8-6-5-7-17(3)21/h4-8,11,16,18H,9-10,12-15H2,1-3H3/b7-5+,8-6+,11-4-. The smallest absolute Gasteiger partial charge is 0.152 e. The second-order valence-corrected chi connectivity index (χ2v) is 6.86. The van der Waals surface area contributed by atoms with Gasteiger partial charge < -0.3 is 4.90 Å². The average molecular weight is 287 g/mol. The summed E-state index contributed by atoms with van der Waals surface area (Å²) < 4.78 is 0. The average Bonchev–Trinajstić information content (AvgIpc) is 3.10. The first-order chi connectivity index (χ1) is 10.1. The zero-order chi connectivity index (χ0) is 15.3. The molecule has 2 atom stereocenters. The van der Waals surface area contributed by atoms with Crippen molar-refractivity contribution in [1.29, 1.82) is 0 Å². The van der Waals surface area contributed by atoms with Gasteiger partial charge in [0.1, 0.15) is 0 Å². The first-order valence-electron chi connectivity index (χ1n) is 8.27. The number of likely N-dealkylation sites (tertiary alicyclic amines) is 1. The molecule has 1 aliphatic heterocycles. The number of ketones is 1. The fourth-order valence-corrected chi connectivity index (χ4v) is 3.39. The molecular weight excluding hydrogens is 258 g/mol. The van der Waals surface area contributed by atoms with E-state index in [0.29, 0.717) is 11.3 Å². The molecule has 116 valence electrons. The van der Waals surface area contributed by atoms with E-state index in [1.54, 1.807) is 13.0 Å². The second-order valence-electron chi connectivity index (χ2n) is 6.86. The van der Waals surface area contributed by atoms with Gasteiger partial charge in [0.2, 0.25) is 0 Å². The Morgan fingerprint density at radius 2 is 2.00 bits per heavy atom. The fraction of sp³-hybridized carbons (Fsp3) is 0.632. The van der Waals surface area contributed by atoms with Gasteiger partial charge >= 0.3 is 0 Å². The summed E-state index contributed by atoms with van der Waals surface area (Å²) in [6.07, 6.45) is 16.3. The molecule has 2 rings (SSSR count). The van der Waals surface area contributed by atoms with Gasteiger partial charge in [-0.1, -0.05) is 37.3 Å². The van der Waals surface area contributed by atoms with Gasteiger partial charge in [0, 0.05) is 12.0 Å². The lowest BCUT2D eigenvalue weighted by Crippen LogP contribution is -2.37. The minimum absolute atomic E-state index is 0.109. The molecule has 0 amide bonds. The summed E-state index contributed by atoms with van der Waals surface area (Å²) in [4.78, 5) is 13.5. The first kappa shape index (κ1) is 16.2. The quantitative estimate of drug-likeness (QED) is 0.418. The molecule has 0 aromatic heterocycles. The molecule has 2 fully saturated rings. The Hall–Kier alpha value is -1.15. The van der Waals surface area contributed by atoms with Crippen LogP contribution in [0.4, 0.5) is 0 Å². The molecule has 2 nitrogen and oxygen atoms in total.